The Kier molecular flexibility index (Phi) is 4.98. The van der Waals surface area contributed by atoms with E-state index in [2.05, 4.69) is 15.7 Å². The topological polar surface area (TPSA) is 85.2 Å². The van der Waals surface area contributed by atoms with E-state index in [4.69, 9.17) is 4.74 Å². The number of rotatable bonds is 5. The monoisotopic (exact) mass is 350 g/mol. The molecule has 2 amide bonds. The van der Waals surface area contributed by atoms with Gasteiger partial charge in [-0.05, 0) is 48.5 Å². The van der Waals surface area contributed by atoms with Crippen LogP contribution >= 0.6 is 0 Å². The van der Waals surface area contributed by atoms with Crippen LogP contribution in [0, 0.1) is 0 Å². The fourth-order valence-corrected chi connectivity index (χ4v) is 2.32. The number of aryl methyl sites for hydroxylation is 1. The molecule has 3 aromatic rings. The van der Waals surface area contributed by atoms with Crippen LogP contribution in [0.1, 0.15) is 20.7 Å². The molecule has 0 saturated carbocycles. The molecule has 2 aromatic carbocycles. The second kappa shape index (κ2) is 7.52. The van der Waals surface area contributed by atoms with Crippen molar-refractivity contribution in [3.8, 4) is 5.75 Å². The third kappa shape index (κ3) is 4.07. The Bertz CT molecular complexity index is 915. The lowest BCUT2D eigenvalue weighted by Crippen LogP contribution is -2.13. The van der Waals surface area contributed by atoms with Crippen LogP contribution in [-0.4, -0.2) is 28.7 Å². The second-order valence-corrected chi connectivity index (χ2v) is 5.62. The molecule has 7 nitrogen and oxygen atoms in total. The number of ether oxygens (including phenoxy) is 1. The summed E-state index contributed by atoms with van der Waals surface area (Å²) in [6, 6.07) is 13.7. The molecule has 1 aromatic heterocycles. The molecular weight excluding hydrogens is 332 g/mol. The van der Waals surface area contributed by atoms with Crippen molar-refractivity contribution in [2.24, 2.45) is 7.05 Å². The normalized spacial score (nSPS) is 10.2. The van der Waals surface area contributed by atoms with Crippen LogP contribution < -0.4 is 15.4 Å². The Morgan fingerprint density at radius 3 is 1.92 bits per heavy atom. The molecule has 0 saturated heterocycles. The first-order valence-electron chi connectivity index (χ1n) is 7.90. The molecule has 0 bridgehead atoms. The summed E-state index contributed by atoms with van der Waals surface area (Å²) < 4.78 is 6.64. The molecule has 132 valence electrons. The molecule has 0 aliphatic heterocycles. The minimum absolute atomic E-state index is 0.236. The van der Waals surface area contributed by atoms with Gasteiger partial charge in [0.1, 0.15) is 5.75 Å². The van der Waals surface area contributed by atoms with E-state index in [9.17, 15) is 9.59 Å². The molecule has 0 fully saturated rings. The van der Waals surface area contributed by atoms with Crippen LogP contribution in [0.4, 0.5) is 11.4 Å². The maximum absolute atomic E-state index is 12.3. The average Bonchev–Trinajstić information content (AvgIpc) is 3.09. The number of methoxy groups -OCH3 is 1. The highest BCUT2D eigenvalue weighted by atomic mass is 16.5. The largest absolute Gasteiger partial charge is 0.497 e. The van der Waals surface area contributed by atoms with Crippen LogP contribution in [0.25, 0.3) is 0 Å². The molecule has 0 aliphatic carbocycles. The van der Waals surface area contributed by atoms with Crippen LogP contribution in [0.3, 0.4) is 0 Å². The highest BCUT2D eigenvalue weighted by Gasteiger charge is 2.10. The molecule has 2 N–H and O–H groups in total. The lowest BCUT2D eigenvalue weighted by atomic mass is 10.2. The summed E-state index contributed by atoms with van der Waals surface area (Å²) in [7, 11) is 3.33. The van der Waals surface area contributed by atoms with Crippen LogP contribution in [-0.2, 0) is 7.05 Å². The summed E-state index contributed by atoms with van der Waals surface area (Å²) in [5.41, 5.74) is 2.22. The van der Waals surface area contributed by atoms with E-state index < -0.39 is 0 Å². The van der Waals surface area contributed by atoms with E-state index in [0.29, 0.717) is 22.5 Å². The minimum Gasteiger partial charge on any atom is -0.497 e. The Morgan fingerprint density at radius 2 is 1.42 bits per heavy atom. The maximum Gasteiger partial charge on any atom is 0.258 e. The predicted octanol–water partition coefficient (Wildman–Crippen LogP) is 2.93. The summed E-state index contributed by atoms with van der Waals surface area (Å²) >= 11 is 0. The minimum atomic E-state index is -0.256. The maximum atomic E-state index is 12.3. The van der Waals surface area contributed by atoms with Gasteiger partial charge in [0.25, 0.3) is 11.8 Å². The highest BCUT2D eigenvalue weighted by molar-refractivity contribution is 6.06. The molecule has 0 atom stereocenters. The Balaban J connectivity index is 1.62. The van der Waals surface area contributed by atoms with Gasteiger partial charge in [0, 0.05) is 30.2 Å². The van der Waals surface area contributed by atoms with E-state index in [0.717, 1.165) is 5.75 Å². The summed E-state index contributed by atoms with van der Waals surface area (Å²) in [6.07, 6.45) is 3.12. The molecule has 0 unspecified atom stereocenters. The summed E-state index contributed by atoms with van der Waals surface area (Å²) in [5.74, 6) is 0.227. The molecule has 0 spiro atoms. The third-order valence-electron chi connectivity index (χ3n) is 3.72. The van der Waals surface area contributed by atoms with Crippen molar-refractivity contribution in [3.63, 3.8) is 0 Å². The Labute approximate surface area is 150 Å². The van der Waals surface area contributed by atoms with Crippen molar-refractivity contribution >= 4 is 23.2 Å². The molecule has 1 heterocycles. The van der Waals surface area contributed by atoms with Gasteiger partial charge in [0.05, 0.1) is 18.9 Å². The number of aromatic nitrogens is 2. The third-order valence-corrected chi connectivity index (χ3v) is 3.72. The lowest BCUT2D eigenvalue weighted by molar-refractivity contribution is 0.102. The number of nitrogens with zero attached hydrogens (tertiary/aromatic N) is 2. The van der Waals surface area contributed by atoms with Crippen LogP contribution in [0.5, 0.6) is 5.75 Å². The van der Waals surface area contributed by atoms with Gasteiger partial charge in [-0.15, -0.1) is 0 Å². The van der Waals surface area contributed by atoms with E-state index in [1.165, 1.54) is 6.20 Å². The van der Waals surface area contributed by atoms with Gasteiger partial charge in [-0.2, -0.15) is 5.10 Å². The SMILES string of the molecule is COc1ccc(NC(=O)c2ccc(NC(=O)c3cnn(C)c3)cc2)cc1. The van der Waals surface area contributed by atoms with E-state index in [-0.39, 0.29) is 11.8 Å². The first-order valence-corrected chi connectivity index (χ1v) is 7.90. The van der Waals surface area contributed by atoms with Gasteiger partial charge >= 0.3 is 0 Å². The number of anilines is 2. The summed E-state index contributed by atoms with van der Waals surface area (Å²) in [5, 5.41) is 9.53. The van der Waals surface area contributed by atoms with Crippen molar-refractivity contribution in [2.45, 2.75) is 0 Å². The van der Waals surface area contributed by atoms with Gasteiger partial charge in [-0.1, -0.05) is 0 Å². The standard InChI is InChI=1S/C19H18N4O3/c1-23-12-14(11-20-23)19(25)22-15-5-3-13(4-6-15)18(24)21-16-7-9-17(26-2)10-8-16/h3-12H,1-2H3,(H,21,24)(H,22,25). The van der Waals surface area contributed by atoms with Crippen molar-refractivity contribution in [1.29, 1.82) is 0 Å². The van der Waals surface area contributed by atoms with Crippen LogP contribution in [0.2, 0.25) is 0 Å². The van der Waals surface area contributed by atoms with Gasteiger partial charge in [0.2, 0.25) is 0 Å². The first kappa shape index (κ1) is 17.2. The number of carbonyl (C=O) groups excluding carboxylic acids is 2. The molecule has 7 heteroatoms. The molecule has 0 aliphatic rings. The van der Waals surface area contributed by atoms with Crippen molar-refractivity contribution < 1.29 is 14.3 Å². The Morgan fingerprint density at radius 1 is 0.885 bits per heavy atom. The first-order chi connectivity index (χ1) is 12.5. The van der Waals surface area contributed by atoms with Gasteiger partial charge < -0.3 is 15.4 Å². The number of hydrogen-bond acceptors (Lipinski definition) is 4. The van der Waals surface area contributed by atoms with Crippen molar-refractivity contribution in [2.75, 3.05) is 17.7 Å². The smallest absolute Gasteiger partial charge is 0.258 e. The fraction of sp³-hybridized carbons (Fsp3) is 0.105. The summed E-state index contributed by atoms with van der Waals surface area (Å²) in [4.78, 5) is 24.4. The van der Waals surface area contributed by atoms with Gasteiger partial charge in [0.15, 0.2) is 0 Å². The highest BCUT2D eigenvalue weighted by Crippen LogP contribution is 2.17. The number of hydrogen-bond donors (Lipinski definition) is 2. The van der Waals surface area contributed by atoms with E-state index >= 15 is 0 Å². The quantitative estimate of drug-likeness (QED) is 0.741. The molecule has 0 radical (unpaired) electrons. The second-order valence-electron chi connectivity index (χ2n) is 5.62. The fourth-order valence-electron chi connectivity index (χ4n) is 2.32. The molecular formula is C19H18N4O3. The van der Waals surface area contributed by atoms with Crippen molar-refractivity contribution in [3.05, 3.63) is 72.1 Å². The average molecular weight is 350 g/mol. The zero-order valence-electron chi connectivity index (χ0n) is 14.4. The van der Waals surface area contributed by atoms with Gasteiger partial charge in [-0.3, -0.25) is 14.3 Å². The van der Waals surface area contributed by atoms with E-state index in [1.54, 1.807) is 73.6 Å². The molecule has 3 rings (SSSR count). The predicted molar refractivity (Wildman–Crippen MR) is 98.6 cm³/mol. The molecule has 26 heavy (non-hydrogen) atoms. The number of benzene rings is 2. The zero-order chi connectivity index (χ0) is 18.5. The number of nitrogens with one attached hydrogen (secondary N) is 2. The number of amides is 2. The lowest BCUT2D eigenvalue weighted by Gasteiger charge is -2.08. The van der Waals surface area contributed by atoms with Gasteiger partial charge in [-0.25, -0.2) is 0 Å². The zero-order valence-corrected chi connectivity index (χ0v) is 14.4. The Hall–Kier alpha value is -3.61. The van der Waals surface area contributed by atoms with E-state index in [1.807, 2.05) is 0 Å². The number of carbonyl (C=O) groups is 2. The summed E-state index contributed by atoms with van der Waals surface area (Å²) in [6.45, 7) is 0. The van der Waals surface area contributed by atoms with Crippen LogP contribution in [0.15, 0.2) is 60.9 Å². The van der Waals surface area contributed by atoms with Crippen molar-refractivity contribution in [1.82, 2.24) is 9.78 Å².